The van der Waals surface area contributed by atoms with E-state index in [4.69, 9.17) is 0 Å². The number of alkyl halides is 1. The van der Waals surface area contributed by atoms with E-state index in [-0.39, 0.29) is 6.04 Å². The monoisotopic (exact) mass is 337 g/mol. The summed E-state index contributed by atoms with van der Waals surface area (Å²) in [4.78, 5) is 0. The van der Waals surface area contributed by atoms with Gasteiger partial charge in [-0.15, -0.1) is 11.3 Å². The van der Waals surface area contributed by atoms with Crippen LogP contribution in [0.5, 0.6) is 0 Å². The third-order valence-electron chi connectivity index (χ3n) is 3.17. The van der Waals surface area contributed by atoms with E-state index in [1.165, 1.54) is 17.8 Å². The van der Waals surface area contributed by atoms with E-state index in [9.17, 15) is 8.42 Å². The summed E-state index contributed by atoms with van der Waals surface area (Å²) in [6, 6.07) is 3.50. The summed E-state index contributed by atoms with van der Waals surface area (Å²) >= 11 is 4.74. The van der Waals surface area contributed by atoms with Crippen molar-refractivity contribution in [3.05, 3.63) is 17.5 Å². The van der Waals surface area contributed by atoms with Crippen LogP contribution in [0, 0.1) is 5.92 Å². The highest BCUT2D eigenvalue weighted by atomic mass is 79.9. The molecule has 0 aromatic carbocycles. The predicted octanol–water partition coefficient (Wildman–Crippen LogP) is 2.98. The first-order valence-electron chi connectivity index (χ1n) is 5.75. The Morgan fingerprint density at radius 3 is 2.82 bits per heavy atom. The summed E-state index contributed by atoms with van der Waals surface area (Å²) in [6.45, 7) is 0. The first-order chi connectivity index (χ1) is 8.13. The van der Waals surface area contributed by atoms with Crippen LogP contribution in [0.2, 0.25) is 0 Å². The summed E-state index contributed by atoms with van der Waals surface area (Å²) in [7, 11) is -3.31. The second-order valence-electron chi connectivity index (χ2n) is 4.36. The van der Waals surface area contributed by atoms with E-state index in [1.54, 1.807) is 17.5 Å². The number of thiophene rings is 1. The zero-order valence-corrected chi connectivity index (χ0v) is 12.7. The molecule has 1 aliphatic carbocycles. The summed E-state index contributed by atoms with van der Waals surface area (Å²) in [5.41, 5.74) is 0. The van der Waals surface area contributed by atoms with Gasteiger partial charge in [0.15, 0.2) is 0 Å². The maximum Gasteiger partial charge on any atom is 0.250 e. The molecule has 0 amide bonds. The average Bonchev–Trinajstić information content (AvgIpc) is 2.83. The molecular weight excluding hydrogens is 322 g/mol. The Bertz CT molecular complexity index is 444. The normalized spacial score (nSPS) is 25.9. The minimum absolute atomic E-state index is 0.0789. The highest BCUT2D eigenvalue weighted by Gasteiger charge is 2.29. The molecule has 1 saturated carbocycles. The van der Waals surface area contributed by atoms with Crippen molar-refractivity contribution in [1.82, 2.24) is 4.72 Å². The summed E-state index contributed by atoms with van der Waals surface area (Å²) < 4.78 is 27.5. The van der Waals surface area contributed by atoms with Gasteiger partial charge in [-0.3, -0.25) is 0 Å². The van der Waals surface area contributed by atoms with Crippen LogP contribution in [-0.4, -0.2) is 19.8 Å². The summed E-state index contributed by atoms with van der Waals surface area (Å²) in [5.74, 6) is 0.415. The van der Waals surface area contributed by atoms with E-state index in [1.807, 2.05) is 0 Å². The molecule has 3 nitrogen and oxygen atoms in total. The molecule has 2 unspecified atom stereocenters. The molecule has 2 atom stereocenters. The first kappa shape index (κ1) is 13.5. The van der Waals surface area contributed by atoms with Gasteiger partial charge in [-0.1, -0.05) is 34.8 Å². The van der Waals surface area contributed by atoms with Gasteiger partial charge in [0, 0.05) is 11.4 Å². The second kappa shape index (κ2) is 5.82. The van der Waals surface area contributed by atoms with E-state index >= 15 is 0 Å². The van der Waals surface area contributed by atoms with Crippen molar-refractivity contribution in [3.8, 4) is 0 Å². The predicted molar refractivity (Wildman–Crippen MR) is 74.2 cm³/mol. The Labute approximate surface area is 115 Å². The molecule has 0 bridgehead atoms. The average molecular weight is 338 g/mol. The van der Waals surface area contributed by atoms with Crippen LogP contribution in [0.1, 0.15) is 25.7 Å². The van der Waals surface area contributed by atoms with Gasteiger partial charge in [-0.05, 0) is 30.2 Å². The molecule has 2 rings (SSSR count). The summed E-state index contributed by atoms with van der Waals surface area (Å²) in [5, 5.41) is 2.65. The molecule has 0 saturated heterocycles. The van der Waals surface area contributed by atoms with Crippen LogP contribution in [0.4, 0.5) is 0 Å². The van der Waals surface area contributed by atoms with Crippen molar-refractivity contribution >= 4 is 37.3 Å². The number of halogens is 1. The van der Waals surface area contributed by atoms with E-state index < -0.39 is 10.0 Å². The van der Waals surface area contributed by atoms with Crippen LogP contribution in [0.25, 0.3) is 0 Å². The molecule has 0 aliphatic heterocycles. The zero-order valence-electron chi connectivity index (χ0n) is 9.43. The molecular formula is C11H16BrNO2S2. The van der Waals surface area contributed by atoms with E-state index in [0.29, 0.717) is 10.1 Å². The Morgan fingerprint density at radius 2 is 2.18 bits per heavy atom. The number of nitrogens with one attached hydrogen (secondary N) is 1. The molecule has 6 heteroatoms. The number of hydrogen-bond acceptors (Lipinski definition) is 3. The lowest BCUT2D eigenvalue weighted by atomic mass is 9.87. The van der Waals surface area contributed by atoms with Crippen molar-refractivity contribution in [3.63, 3.8) is 0 Å². The van der Waals surface area contributed by atoms with Gasteiger partial charge in [-0.2, -0.15) is 0 Å². The zero-order chi connectivity index (χ0) is 12.3. The van der Waals surface area contributed by atoms with Crippen LogP contribution < -0.4 is 4.72 Å². The third-order valence-corrected chi connectivity index (χ3v) is 6.89. The highest BCUT2D eigenvalue weighted by molar-refractivity contribution is 9.09. The number of rotatable bonds is 4. The van der Waals surface area contributed by atoms with Gasteiger partial charge in [-0.25, -0.2) is 13.1 Å². The molecule has 17 heavy (non-hydrogen) atoms. The number of hydrogen-bond donors (Lipinski definition) is 1. The molecule has 0 spiro atoms. The lowest BCUT2D eigenvalue weighted by Gasteiger charge is -2.30. The SMILES string of the molecule is O=S(=O)(NC1CCCCC1CBr)c1cccs1. The minimum atomic E-state index is -3.31. The molecule has 0 radical (unpaired) electrons. The fourth-order valence-corrected chi connectivity index (χ4v) is 5.35. The lowest BCUT2D eigenvalue weighted by Crippen LogP contribution is -2.42. The molecule has 1 aromatic rings. The largest absolute Gasteiger partial charge is 0.250 e. The van der Waals surface area contributed by atoms with Crippen molar-refractivity contribution in [2.45, 2.75) is 35.9 Å². The Morgan fingerprint density at radius 1 is 1.41 bits per heavy atom. The van der Waals surface area contributed by atoms with E-state index in [0.717, 1.165) is 24.6 Å². The third kappa shape index (κ3) is 3.30. The van der Waals surface area contributed by atoms with E-state index in [2.05, 4.69) is 20.7 Å². The van der Waals surface area contributed by atoms with Crippen LogP contribution in [-0.2, 0) is 10.0 Å². The van der Waals surface area contributed by atoms with Crippen molar-refractivity contribution in [2.24, 2.45) is 5.92 Å². The highest BCUT2D eigenvalue weighted by Crippen LogP contribution is 2.27. The fourth-order valence-electron chi connectivity index (χ4n) is 2.22. The minimum Gasteiger partial charge on any atom is -0.207 e. The first-order valence-corrected chi connectivity index (χ1v) is 9.24. The van der Waals surface area contributed by atoms with Crippen LogP contribution >= 0.6 is 27.3 Å². The van der Waals surface area contributed by atoms with Crippen molar-refractivity contribution < 1.29 is 8.42 Å². The fraction of sp³-hybridized carbons (Fsp3) is 0.636. The van der Waals surface area contributed by atoms with Gasteiger partial charge in [0.1, 0.15) is 4.21 Å². The molecule has 1 N–H and O–H groups in total. The molecule has 1 fully saturated rings. The Hall–Kier alpha value is 0.0900. The number of sulfonamides is 1. The molecule has 96 valence electrons. The van der Waals surface area contributed by atoms with Crippen LogP contribution in [0.15, 0.2) is 21.7 Å². The topological polar surface area (TPSA) is 46.2 Å². The molecule has 1 aliphatic rings. The maximum atomic E-state index is 12.1. The Kier molecular flexibility index (Phi) is 4.63. The Balaban J connectivity index is 2.09. The van der Waals surface area contributed by atoms with Gasteiger partial charge < -0.3 is 0 Å². The second-order valence-corrected chi connectivity index (χ2v) is 7.89. The van der Waals surface area contributed by atoms with Crippen molar-refractivity contribution in [1.29, 1.82) is 0 Å². The maximum absolute atomic E-state index is 12.1. The molecule has 1 aromatic heterocycles. The van der Waals surface area contributed by atoms with Crippen LogP contribution in [0.3, 0.4) is 0 Å². The van der Waals surface area contributed by atoms with Gasteiger partial charge in [0.2, 0.25) is 10.0 Å². The standard InChI is InChI=1S/C11H16BrNO2S2/c12-8-9-4-1-2-5-10(9)13-17(14,15)11-6-3-7-16-11/h3,6-7,9-10,13H,1-2,4-5,8H2. The van der Waals surface area contributed by atoms with Gasteiger partial charge in [0.25, 0.3) is 0 Å². The van der Waals surface area contributed by atoms with Gasteiger partial charge in [0.05, 0.1) is 0 Å². The van der Waals surface area contributed by atoms with Gasteiger partial charge >= 0.3 is 0 Å². The lowest BCUT2D eigenvalue weighted by molar-refractivity contribution is 0.317. The van der Waals surface area contributed by atoms with Crippen molar-refractivity contribution in [2.75, 3.05) is 5.33 Å². The quantitative estimate of drug-likeness (QED) is 0.858. The molecule has 1 heterocycles. The summed E-state index contributed by atoms with van der Waals surface area (Å²) in [6.07, 6.45) is 4.36. The smallest absolute Gasteiger partial charge is 0.207 e.